The number of amides is 1. The van der Waals surface area contributed by atoms with E-state index >= 15 is 0 Å². The summed E-state index contributed by atoms with van der Waals surface area (Å²) in [5, 5.41) is 2.98. The molecule has 0 aliphatic heterocycles. The van der Waals surface area contributed by atoms with E-state index in [1.165, 1.54) is 12.1 Å². The number of nitrogens with one attached hydrogen (secondary N) is 1. The Morgan fingerprint density at radius 3 is 2.38 bits per heavy atom. The van der Waals surface area contributed by atoms with Gasteiger partial charge < -0.3 is 14.6 Å². The van der Waals surface area contributed by atoms with Gasteiger partial charge in [0.1, 0.15) is 23.4 Å². The quantitative estimate of drug-likeness (QED) is 0.433. The number of hydrogen-bond donors (Lipinski definition) is 1. The Morgan fingerprint density at radius 1 is 1.06 bits per heavy atom. The largest absolute Gasteiger partial charge is 0.497 e. The lowest BCUT2D eigenvalue weighted by molar-refractivity contribution is -0.118. The average molecular weight is 432 g/mol. The second-order valence-electron chi connectivity index (χ2n) is 8.02. The van der Waals surface area contributed by atoms with Gasteiger partial charge in [0.05, 0.1) is 18.1 Å². The van der Waals surface area contributed by atoms with Gasteiger partial charge in [0.15, 0.2) is 0 Å². The van der Waals surface area contributed by atoms with E-state index in [-0.39, 0.29) is 11.7 Å². The minimum Gasteiger partial charge on any atom is -0.497 e. The standard InChI is InChI=1S/C26H26FN3O2/c1-16-13-23-24(14-17(16)2)30(25(29-23)15-19-5-7-20(27)8-6-19)18(3)26(31)28-21-9-11-22(32-4)12-10-21/h5-14,18H,15H2,1-4H3,(H,28,31)/t18-/m1/s1. The number of halogens is 1. The molecule has 0 aliphatic carbocycles. The van der Waals surface area contributed by atoms with Crippen molar-refractivity contribution in [2.45, 2.75) is 33.2 Å². The molecular weight excluding hydrogens is 405 g/mol. The molecule has 4 rings (SSSR count). The van der Waals surface area contributed by atoms with E-state index in [9.17, 15) is 9.18 Å². The average Bonchev–Trinajstić information content (AvgIpc) is 3.12. The maximum Gasteiger partial charge on any atom is 0.247 e. The van der Waals surface area contributed by atoms with Gasteiger partial charge in [-0.15, -0.1) is 0 Å². The van der Waals surface area contributed by atoms with Crippen LogP contribution in [0.3, 0.4) is 0 Å². The summed E-state index contributed by atoms with van der Waals surface area (Å²) >= 11 is 0. The molecule has 0 aliphatic rings. The van der Waals surface area contributed by atoms with Crippen LogP contribution in [0, 0.1) is 19.7 Å². The van der Waals surface area contributed by atoms with Crippen LogP contribution in [-0.2, 0) is 11.2 Å². The lowest BCUT2D eigenvalue weighted by Gasteiger charge is -2.18. The third-order valence-electron chi connectivity index (χ3n) is 5.78. The number of aryl methyl sites for hydroxylation is 2. The van der Waals surface area contributed by atoms with E-state index in [4.69, 9.17) is 9.72 Å². The smallest absolute Gasteiger partial charge is 0.247 e. The maximum absolute atomic E-state index is 13.4. The van der Waals surface area contributed by atoms with Crippen molar-refractivity contribution in [2.24, 2.45) is 0 Å². The number of carbonyl (C=O) groups excluding carboxylic acids is 1. The van der Waals surface area contributed by atoms with Crippen molar-refractivity contribution >= 4 is 22.6 Å². The monoisotopic (exact) mass is 431 g/mol. The second kappa shape index (κ2) is 8.83. The highest BCUT2D eigenvalue weighted by Gasteiger charge is 2.22. The van der Waals surface area contributed by atoms with Crippen LogP contribution >= 0.6 is 0 Å². The van der Waals surface area contributed by atoms with E-state index < -0.39 is 6.04 Å². The van der Waals surface area contributed by atoms with Crippen LogP contribution in [0.2, 0.25) is 0 Å². The Labute approximate surface area is 186 Å². The molecule has 0 bridgehead atoms. The van der Waals surface area contributed by atoms with Crippen LogP contribution in [0.4, 0.5) is 10.1 Å². The molecule has 0 fully saturated rings. The summed E-state index contributed by atoms with van der Waals surface area (Å²) in [4.78, 5) is 18.0. The van der Waals surface area contributed by atoms with E-state index in [1.807, 2.05) is 43.5 Å². The van der Waals surface area contributed by atoms with Gasteiger partial charge in [0.25, 0.3) is 0 Å². The molecule has 6 heteroatoms. The summed E-state index contributed by atoms with van der Waals surface area (Å²) in [7, 11) is 1.60. The summed E-state index contributed by atoms with van der Waals surface area (Å²) < 4.78 is 20.5. The lowest BCUT2D eigenvalue weighted by Crippen LogP contribution is -2.25. The number of benzene rings is 3. The summed E-state index contributed by atoms with van der Waals surface area (Å²) in [6.45, 7) is 5.96. The molecule has 164 valence electrons. The number of nitrogens with zero attached hydrogens (tertiary/aromatic N) is 2. The Morgan fingerprint density at radius 2 is 1.72 bits per heavy atom. The summed E-state index contributed by atoms with van der Waals surface area (Å²) in [5.41, 5.74) is 5.65. The van der Waals surface area contributed by atoms with Gasteiger partial charge in [-0.2, -0.15) is 0 Å². The van der Waals surface area contributed by atoms with Crippen molar-refractivity contribution < 1.29 is 13.9 Å². The summed E-state index contributed by atoms with van der Waals surface area (Å²) in [5.74, 6) is 1.06. The molecule has 1 heterocycles. The van der Waals surface area contributed by atoms with Gasteiger partial charge in [0, 0.05) is 12.1 Å². The Kier molecular flexibility index (Phi) is 5.95. The third-order valence-corrected chi connectivity index (χ3v) is 5.78. The number of imidazole rings is 1. The van der Waals surface area contributed by atoms with Crippen molar-refractivity contribution in [3.05, 3.63) is 89.0 Å². The van der Waals surface area contributed by atoms with Gasteiger partial charge in [-0.3, -0.25) is 4.79 Å². The van der Waals surface area contributed by atoms with Crippen LogP contribution in [-0.4, -0.2) is 22.6 Å². The first-order chi connectivity index (χ1) is 15.4. The molecule has 1 N–H and O–H groups in total. The van der Waals surface area contributed by atoms with Crippen molar-refractivity contribution in [3.63, 3.8) is 0 Å². The highest BCUT2D eigenvalue weighted by atomic mass is 19.1. The Hall–Kier alpha value is -3.67. The fourth-order valence-corrected chi connectivity index (χ4v) is 3.78. The molecule has 5 nitrogen and oxygen atoms in total. The molecular formula is C26H26FN3O2. The highest BCUT2D eigenvalue weighted by Crippen LogP contribution is 2.27. The zero-order valence-electron chi connectivity index (χ0n) is 18.6. The van der Waals surface area contributed by atoms with Crippen LogP contribution in [0.5, 0.6) is 5.75 Å². The van der Waals surface area contributed by atoms with Gasteiger partial charge in [-0.25, -0.2) is 9.37 Å². The molecule has 0 saturated carbocycles. The summed E-state index contributed by atoms with van der Waals surface area (Å²) in [6, 6.07) is 17.2. The molecule has 3 aromatic carbocycles. The SMILES string of the molecule is COc1ccc(NC(=O)[C@@H](C)n2c(Cc3ccc(F)cc3)nc3cc(C)c(C)cc32)cc1. The maximum atomic E-state index is 13.4. The molecule has 1 aromatic heterocycles. The van der Waals surface area contributed by atoms with Crippen LogP contribution in [0.15, 0.2) is 60.7 Å². The second-order valence-corrected chi connectivity index (χ2v) is 8.02. The predicted molar refractivity (Wildman–Crippen MR) is 125 cm³/mol. The van der Waals surface area contributed by atoms with E-state index in [0.717, 1.165) is 39.3 Å². The van der Waals surface area contributed by atoms with Gasteiger partial charge in [-0.1, -0.05) is 12.1 Å². The van der Waals surface area contributed by atoms with Gasteiger partial charge in [-0.05, 0) is 86.0 Å². The summed E-state index contributed by atoms with van der Waals surface area (Å²) in [6.07, 6.45) is 0.493. The number of anilines is 1. The molecule has 0 unspecified atom stereocenters. The Balaban J connectivity index is 1.71. The van der Waals surface area contributed by atoms with Crippen molar-refractivity contribution in [1.29, 1.82) is 0 Å². The molecule has 0 spiro atoms. The number of carbonyl (C=O) groups is 1. The third kappa shape index (κ3) is 4.35. The first-order valence-corrected chi connectivity index (χ1v) is 10.5. The zero-order chi connectivity index (χ0) is 22.8. The van der Waals surface area contributed by atoms with E-state index in [0.29, 0.717) is 12.1 Å². The Bertz CT molecular complexity index is 1260. The molecule has 0 saturated heterocycles. The van der Waals surface area contributed by atoms with Crippen molar-refractivity contribution in [1.82, 2.24) is 9.55 Å². The zero-order valence-corrected chi connectivity index (χ0v) is 18.6. The van der Waals surface area contributed by atoms with Gasteiger partial charge in [0.2, 0.25) is 5.91 Å². The van der Waals surface area contributed by atoms with Gasteiger partial charge >= 0.3 is 0 Å². The number of fused-ring (bicyclic) bond motifs is 1. The molecule has 1 amide bonds. The topological polar surface area (TPSA) is 56.1 Å². The first kappa shape index (κ1) is 21.6. The van der Waals surface area contributed by atoms with E-state index in [2.05, 4.69) is 11.4 Å². The number of hydrogen-bond acceptors (Lipinski definition) is 3. The van der Waals surface area contributed by atoms with Crippen LogP contribution in [0.25, 0.3) is 11.0 Å². The minimum atomic E-state index is -0.500. The van der Waals surface area contributed by atoms with E-state index in [1.54, 1.807) is 31.4 Å². The number of aromatic nitrogens is 2. The normalized spacial score (nSPS) is 12.0. The lowest BCUT2D eigenvalue weighted by atomic mass is 10.1. The number of methoxy groups -OCH3 is 1. The molecule has 0 radical (unpaired) electrons. The predicted octanol–water partition coefficient (Wildman–Crippen LogP) is 5.59. The molecule has 1 atom stereocenters. The fourth-order valence-electron chi connectivity index (χ4n) is 3.78. The van der Waals surface area contributed by atoms with Crippen molar-refractivity contribution in [2.75, 3.05) is 12.4 Å². The van der Waals surface area contributed by atoms with Crippen LogP contribution in [0.1, 0.15) is 35.5 Å². The first-order valence-electron chi connectivity index (χ1n) is 10.5. The van der Waals surface area contributed by atoms with Crippen molar-refractivity contribution in [3.8, 4) is 5.75 Å². The molecule has 32 heavy (non-hydrogen) atoms. The number of rotatable bonds is 6. The molecule has 4 aromatic rings. The van der Waals surface area contributed by atoms with Crippen LogP contribution < -0.4 is 10.1 Å². The number of ether oxygens (including phenoxy) is 1. The minimum absolute atomic E-state index is 0.145. The fraction of sp³-hybridized carbons (Fsp3) is 0.231. The highest BCUT2D eigenvalue weighted by molar-refractivity contribution is 5.95.